The van der Waals surface area contributed by atoms with E-state index in [4.69, 9.17) is 0 Å². The first-order valence-corrected chi connectivity index (χ1v) is 8.18. The highest BCUT2D eigenvalue weighted by Crippen LogP contribution is 2.34. The van der Waals surface area contributed by atoms with E-state index in [0.29, 0.717) is 6.04 Å². The van der Waals surface area contributed by atoms with Gasteiger partial charge >= 0.3 is 0 Å². The summed E-state index contributed by atoms with van der Waals surface area (Å²) in [4.78, 5) is 6.87. The second kappa shape index (κ2) is 4.86. The van der Waals surface area contributed by atoms with Gasteiger partial charge in [0, 0.05) is 36.9 Å². The third kappa shape index (κ3) is 2.23. The van der Waals surface area contributed by atoms with Crippen LogP contribution in [0.15, 0.2) is 29.8 Å². The highest BCUT2D eigenvalue weighted by molar-refractivity contribution is 7.09. The van der Waals surface area contributed by atoms with Crippen LogP contribution in [0.1, 0.15) is 35.0 Å². The summed E-state index contributed by atoms with van der Waals surface area (Å²) in [5, 5.41) is 7.00. The maximum absolute atomic E-state index is 4.53. The fourth-order valence-corrected chi connectivity index (χ4v) is 3.66. The smallest absolute Gasteiger partial charge is 0.114 e. The Kier molecular flexibility index (Phi) is 3.00. The average molecular weight is 285 g/mol. The van der Waals surface area contributed by atoms with Gasteiger partial charge in [0.05, 0.1) is 6.04 Å². The summed E-state index contributed by atoms with van der Waals surface area (Å²) in [5.41, 5.74) is 4.23. The van der Waals surface area contributed by atoms with E-state index in [1.54, 1.807) is 11.3 Å². The van der Waals surface area contributed by atoms with Gasteiger partial charge in [-0.05, 0) is 36.5 Å². The van der Waals surface area contributed by atoms with Gasteiger partial charge in [-0.25, -0.2) is 4.98 Å². The van der Waals surface area contributed by atoms with Gasteiger partial charge in [-0.2, -0.15) is 0 Å². The van der Waals surface area contributed by atoms with E-state index in [1.807, 2.05) is 6.20 Å². The molecule has 1 aliphatic carbocycles. The third-order valence-electron chi connectivity index (χ3n) is 4.24. The lowest BCUT2D eigenvalue weighted by atomic mass is 10.0. The van der Waals surface area contributed by atoms with E-state index in [1.165, 1.54) is 34.7 Å². The fourth-order valence-electron chi connectivity index (χ4n) is 2.94. The zero-order chi connectivity index (χ0) is 13.5. The van der Waals surface area contributed by atoms with Crippen LogP contribution in [0.3, 0.4) is 0 Å². The van der Waals surface area contributed by atoms with E-state index < -0.39 is 0 Å². The van der Waals surface area contributed by atoms with Gasteiger partial charge < -0.3 is 10.2 Å². The Bertz CT molecular complexity index is 604. The zero-order valence-corrected chi connectivity index (χ0v) is 12.5. The van der Waals surface area contributed by atoms with Gasteiger partial charge in [-0.3, -0.25) is 0 Å². The number of fused-ring (bicyclic) bond motifs is 1. The van der Waals surface area contributed by atoms with Gasteiger partial charge in [-0.15, -0.1) is 11.3 Å². The molecular weight excluding hydrogens is 266 g/mol. The predicted molar refractivity (Wildman–Crippen MR) is 83.5 cm³/mol. The van der Waals surface area contributed by atoms with Crippen molar-refractivity contribution >= 4 is 17.0 Å². The summed E-state index contributed by atoms with van der Waals surface area (Å²) in [5.74, 6) is 0. The molecule has 1 fully saturated rings. The molecule has 0 amide bonds. The number of nitrogens with one attached hydrogen (secondary N) is 1. The van der Waals surface area contributed by atoms with E-state index in [9.17, 15) is 0 Å². The Morgan fingerprint density at radius 2 is 2.30 bits per heavy atom. The van der Waals surface area contributed by atoms with Crippen LogP contribution in [0.4, 0.5) is 5.69 Å². The van der Waals surface area contributed by atoms with Crippen LogP contribution in [0.2, 0.25) is 0 Å². The summed E-state index contributed by atoms with van der Waals surface area (Å²) in [6, 6.07) is 7.86. The normalized spacial score (nSPS) is 19.1. The molecule has 104 valence electrons. The molecule has 1 saturated carbocycles. The molecule has 1 aromatic carbocycles. The molecule has 0 bridgehead atoms. The van der Waals surface area contributed by atoms with Crippen molar-refractivity contribution in [2.45, 2.75) is 31.3 Å². The van der Waals surface area contributed by atoms with E-state index in [-0.39, 0.29) is 6.04 Å². The molecule has 2 heterocycles. The van der Waals surface area contributed by atoms with Gasteiger partial charge in [-0.1, -0.05) is 12.1 Å². The summed E-state index contributed by atoms with van der Waals surface area (Å²) < 4.78 is 0. The van der Waals surface area contributed by atoms with Gasteiger partial charge in [0.15, 0.2) is 0 Å². The number of rotatable bonds is 4. The van der Waals surface area contributed by atoms with Crippen LogP contribution in [0.25, 0.3) is 0 Å². The van der Waals surface area contributed by atoms with Gasteiger partial charge in [0.2, 0.25) is 0 Å². The van der Waals surface area contributed by atoms with Crippen molar-refractivity contribution in [1.82, 2.24) is 10.3 Å². The minimum atomic E-state index is 0.263. The molecule has 1 N–H and O–H groups in total. The highest BCUT2D eigenvalue weighted by Gasteiger charge is 2.28. The maximum Gasteiger partial charge on any atom is 0.114 e. The lowest BCUT2D eigenvalue weighted by Crippen LogP contribution is -2.24. The predicted octanol–water partition coefficient (Wildman–Crippen LogP) is 2.98. The number of likely N-dealkylation sites (N-methyl/N-ethyl adjacent to an activating group) is 1. The minimum absolute atomic E-state index is 0.263. The Morgan fingerprint density at radius 3 is 3.05 bits per heavy atom. The maximum atomic E-state index is 4.53. The first-order chi connectivity index (χ1) is 9.81. The van der Waals surface area contributed by atoms with Crippen LogP contribution in [-0.2, 0) is 6.42 Å². The molecule has 0 spiro atoms. The molecule has 1 aromatic heterocycles. The Balaban J connectivity index is 1.69. The first kappa shape index (κ1) is 12.4. The quantitative estimate of drug-likeness (QED) is 0.936. The number of nitrogens with zero attached hydrogens (tertiary/aromatic N) is 2. The van der Waals surface area contributed by atoms with Crippen molar-refractivity contribution in [3.63, 3.8) is 0 Å². The molecule has 0 radical (unpaired) electrons. The Hall–Kier alpha value is -1.39. The highest BCUT2D eigenvalue weighted by atomic mass is 32.1. The summed E-state index contributed by atoms with van der Waals surface area (Å²) in [6.07, 6.45) is 5.67. The van der Waals surface area contributed by atoms with E-state index in [0.717, 1.165) is 13.0 Å². The standard InChI is InChI=1S/C16H19N3S/c1-19-8-6-11-10-12(2-5-14(11)19)15(18-13-3-4-13)16-17-7-9-20-16/h2,5,7,9-10,13,15,18H,3-4,6,8H2,1H3. The monoisotopic (exact) mass is 285 g/mol. The number of hydrogen-bond donors (Lipinski definition) is 1. The lowest BCUT2D eigenvalue weighted by molar-refractivity contribution is 0.598. The molecule has 1 unspecified atom stereocenters. The number of benzene rings is 1. The summed E-state index contributed by atoms with van der Waals surface area (Å²) >= 11 is 1.75. The Morgan fingerprint density at radius 1 is 1.40 bits per heavy atom. The molecule has 3 nitrogen and oxygen atoms in total. The molecule has 4 heteroatoms. The minimum Gasteiger partial charge on any atom is -0.374 e. The van der Waals surface area contributed by atoms with Crippen LogP contribution >= 0.6 is 11.3 Å². The van der Waals surface area contributed by atoms with Crippen molar-refractivity contribution in [3.05, 3.63) is 45.9 Å². The van der Waals surface area contributed by atoms with Crippen LogP contribution in [0.5, 0.6) is 0 Å². The Labute approximate surface area is 123 Å². The van der Waals surface area contributed by atoms with Crippen LogP contribution < -0.4 is 10.2 Å². The van der Waals surface area contributed by atoms with Crippen molar-refractivity contribution in [1.29, 1.82) is 0 Å². The van der Waals surface area contributed by atoms with Gasteiger partial charge in [0.25, 0.3) is 0 Å². The van der Waals surface area contributed by atoms with Crippen molar-refractivity contribution in [2.75, 3.05) is 18.5 Å². The fraction of sp³-hybridized carbons (Fsp3) is 0.438. The molecule has 0 saturated heterocycles. The first-order valence-electron chi connectivity index (χ1n) is 7.30. The molecule has 2 aliphatic rings. The average Bonchev–Trinajstić information content (AvgIpc) is 2.98. The number of anilines is 1. The zero-order valence-electron chi connectivity index (χ0n) is 11.7. The lowest BCUT2D eigenvalue weighted by Gasteiger charge is -2.18. The van der Waals surface area contributed by atoms with Crippen LogP contribution in [-0.4, -0.2) is 24.6 Å². The molecule has 2 aromatic rings. The second-order valence-electron chi connectivity index (χ2n) is 5.80. The van der Waals surface area contributed by atoms with Crippen molar-refractivity contribution < 1.29 is 0 Å². The summed E-state index contributed by atoms with van der Waals surface area (Å²) in [6.45, 7) is 1.14. The van der Waals surface area contributed by atoms with Crippen molar-refractivity contribution in [2.24, 2.45) is 0 Å². The van der Waals surface area contributed by atoms with E-state index >= 15 is 0 Å². The summed E-state index contributed by atoms with van der Waals surface area (Å²) in [7, 11) is 2.17. The number of thiazole rings is 1. The largest absolute Gasteiger partial charge is 0.374 e. The van der Waals surface area contributed by atoms with Crippen molar-refractivity contribution in [3.8, 4) is 0 Å². The SMILES string of the molecule is CN1CCc2cc(C(NC3CC3)c3nccs3)ccc21. The molecule has 20 heavy (non-hydrogen) atoms. The molecule has 4 rings (SSSR count). The van der Waals surface area contributed by atoms with Crippen LogP contribution in [0, 0.1) is 0 Å². The second-order valence-corrected chi connectivity index (χ2v) is 6.73. The molecule has 1 atom stereocenters. The molecule has 1 aliphatic heterocycles. The topological polar surface area (TPSA) is 28.2 Å². The number of aromatic nitrogens is 1. The van der Waals surface area contributed by atoms with E-state index in [2.05, 4.69) is 45.8 Å². The molecular formula is C16H19N3S. The number of hydrogen-bond acceptors (Lipinski definition) is 4. The third-order valence-corrected chi connectivity index (χ3v) is 5.08. The van der Waals surface area contributed by atoms with Gasteiger partial charge in [0.1, 0.15) is 5.01 Å².